The van der Waals surface area contributed by atoms with Crippen molar-refractivity contribution in [3.05, 3.63) is 57.0 Å². The van der Waals surface area contributed by atoms with E-state index in [1.807, 2.05) is 18.2 Å². The molecule has 0 atom stereocenters. The van der Waals surface area contributed by atoms with Crippen LogP contribution in [0.1, 0.15) is 18.4 Å². The number of ether oxygens (including phenoxy) is 1. The third kappa shape index (κ3) is 4.27. The maximum Gasteiger partial charge on any atom is 0.146 e. The summed E-state index contributed by atoms with van der Waals surface area (Å²) in [7, 11) is 0. The van der Waals surface area contributed by atoms with Crippen molar-refractivity contribution in [1.29, 1.82) is 0 Å². The van der Waals surface area contributed by atoms with E-state index in [0.29, 0.717) is 32.6 Å². The summed E-state index contributed by atoms with van der Waals surface area (Å²) in [6, 6.07) is 11.5. The van der Waals surface area contributed by atoms with Crippen LogP contribution in [0.5, 0.6) is 11.5 Å². The van der Waals surface area contributed by atoms with E-state index in [2.05, 4.69) is 5.32 Å². The second kappa shape index (κ2) is 6.45. The molecule has 0 radical (unpaired) electrons. The van der Waals surface area contributed by atoms with Gasteiger partial charge in [0.25, 0.3) is 0 Å². The van der Waals surface area contributed by atoms with Crippen LogP contribution in [0.3, 0.4) is 0 Å². The molecule has 1 aliphatic rings. The molecule has 110 valence electrons. The van der Waals surface area contributed by atoms with Crippen LogP contribution >= 0.6 is 34.8 Å². The van der Waals surface area contributed by atoms with E-state index in [9.17, 15) is 0 Å². The van der Waals surface area contributed by atoms with Crippen molar-refractivity contribution in [3.8, 4) is 11.5 Å². The Morgan fingerprint density at radius 2 is 1.71 bits per heavy atom. The second-order valence-corrected chi connectivity index (χ2v) is 6.41. The van der Waals surface area contributed by atoms with Gasteiger partial charge in [-0.15, -0.1) is 0 Å². The van der Waals surface area contributed by atoms with Gasteiger partial charge in [0.2, 0.25) is 0 Å². The first-order valence-electron chi connectivity index (χ1n) is 6.76. The number of hydrogen-bond acceptors (Lipinski definition) is 2. The number of rotatable bonds is 5. The van der Waals surface area contributed by atoms with Crippen molar-refractivity contribution in [2.45, 2.75) is 25.4 Å². The SMILES string of the molecule is Clc1cc(Cl)cc(Oc2ccc(CNC3CC3)cc2Cl)c1. The zero-order valence-corrected chi connectivity index (χ0v) is 13.5. The number of halogens is 3. The summed E-state index contributed by atoms with van der Waals surface area (Å²) in [6.07, 6.45) is 2.54. The zero-order valence-electron chi connectivity index (χ0n) is 11.2. The molecule has 0 unspecified atom stereocenters. The molecule has 1 aliphatic carbocycles. The molecule has 21 heavy (non-hydrogen) atoms. The Morgan fingerprint density at radius 1 is 1.00 bits per heavy atom. The van der Waals surface area contributed by atoms with E-state index < -0.39 is 0 Å². The third-order valence-corrected chi connectivity index (χ3v) is 3.96. The van der Waals surface area contributed by atoms with Gasteiger partial charge in [-0.1, -0.05) is 40.9 Å². The predicted molar refractivity (Wildman–Crippen MR) is 87.8 cm³/mol. The predicted octanol–water partition coefficient (Wildman–Crippen LogP) is 5.69. The highest BCUT2D eigenvalue weighted by Crippen LogP contribution is 2.33. The number of nitrogens with one attached hydrogen (secondary N) is 1. The summed E-state index contributed by atoms with van der Waals surface area (Å²) in [5, 5.41) is 5.07. The molecule has 0 spiro atoms. The molecular formula is C16H14Cl3NO. The van der Waals surface area contributed by atoms with E-state index in [0.717, 1.165) is 12.1 Å². The minimum absolute atomic E-state index is 0.527. The standard InChI is InChI=1S/C16H14Cl3NO/c17-11-6-12(18)8-14(7-11)21-16-4-1-10(5-15(16)19)9-20-13-2-3-13/h1,4-8,13,20H,2-3,9H2. The van der Waals surface area contributed by atoms with Gasteiger partial charge in [0.15, 0.2) is 0 Å². The Bertz CT molecular complexity index is 636. The Labute approximate surface area is 139 Å². The normalized spacial score (nSPS) is 14.2. The van der Waals surface area contributed by atoms with Gasteiger partial charge in [-0.05, 0) is 48.7 Å². The van der Waals surface area contributed by atoms with Crippen molar-refractivity contribution in [1.82, 2.24) is 5.32 Å². The number of hydrogen-bond donors (Lipinski definition) is 1. The van der Waals surface area contributed by atoms with E-state index >= 15 is 0 Å². The van der Waals surface area contributed by atoms with Crippen molar-refractivity contribution in [2.75, 3.05) is 0 Å². The fraction of sp³-hybridized carbons (Fsp3) is 0.250. The molecule has 1 fully saturated rings. The summed E-state index contributed by atoms with van der Waals surface area (Å²) >= 11 is 18.2. The van der Waals surface area contributed by atoms with Crippen LogP contribution in [0.2, 0.25) is 15.1 Å². The van der Waals surface area contributed by atoms with Gasteiger partial charge in [0.05, 0.1) is 5.02 Å². The quantitative estimate of drug-likeness (QED) is 0.753. The lowest BCUT2D eigenvalue weighted by Gasteiger charge is -2.10. The molecule has 2 aromatic carbocycles. The van der Waals surface area contributed by atoms with Gasteiger partial charge in [-0.25, -0.2) is 0 Å². The topological polar surface area (TPSA) is 21.3 Å². The Kier molecular flexibility index (Phi) is 4.60. The first-order valence-corrected chi connectivity index (χ1v) is 7.89. The molecule has 2 aromatic rings. The molecular weight excluding hydrogens is 329 g/mol. The Hall–Kier alpha value is -0.930. The highest BCUT2D eigenvalue weighted by molar-refractivity contribution is 6.34. The smallest absolute Gasteiger partial charge is 0.146 e. The minimum Gasteiger partial charge on any atom is -0.456 e. The molecule has 0 bridgehead atoms. The van der Waals surface area contributed by atoms with Crippen molar-refractivity contribution in [2.24, 2.45) is 0 Å². The molecule has 3 rings (SSSR count). The van der Waals surface area contributed by atoms with Gasteiger partial charge in [-0.3, -0.25) is 0 Å². The van der Waals surface area contributed by atoms with Crippen LogP contribution in [0.15, 0.2) is 36.4 Å². The van der Waals surface area contributed by atoms with Gasteiger partial charge in [0.1, 0.15) is 11.5 Å². The molecule has 1 N–H and O–H groups in total. The molecule has 0 heterocycles. The first kappa shape index (κ1) is 15.0. The van der Waals surface area contributed by atoms with Crippen LogP contribution < -0.4 is 10.1 Å². The maximum absolute atomic E-state index is 6.27. The summed E-state index contributed by atoms with van der Waals surface area (Å²) in [6.45, 7) is 0.827. The van der Waals surface area contributed by atoms with E-state index in [4.69, 9.17) is 39.5 Å². The van der Waals surface area contributed by atoms with Crippen LogP contribution in [0, 0.1) is 0 Å². The highest BCUT2D eigenvalue weighted by atomic mass is 35.5. The lowest BCUT2D eigenvalue weighted by Crippen LogP contribution is -2.15. The van der Waals surface area contributed by atoms with Gasteiger partial charge >= 0.3 is 0 Å². The largest absolute Gasteiger partial charge is 0.456 e. The zero-order chi connectivity index (χ0) is 14.8. The Morgan fingerprint density at radius 3 is 2.33 bits per heavy atom. The molecule has 0 aromatic heterocycles. The summed E-state index contributed by atoms with van der Waals surface area (Å²) in [4.78, 5) is 0. The van der Waals surface area contributed by atoms with E-state index in [-0.39, 0.29) is 0 Å². The van der Waals surface area contributed by atoms with Crippen molar-refractivity contribution in [3.63, 3.8) is 0 Å². The lowest BCUT2D eigenvalue weighted by molar-refractivity contribution is 0.482. The average molecular weight is 343 g/mol. The summed E-state index contributed by atoms with van der Waals surface area (Å²) < 4.78 is 5.74. The van der Waals surface area contributed by atoms with Crippen LogP contribution in [0.4, 0.5) is 0 Å². The van der Waals surface area contributed by atoms with Gasteiger partial charge in [0, 0.05) is 22.6 Å². The fourth-order valence-corrected chi connectivity index (χ4v) is 2.75. The van der Waals surface area contributed by atoms with Crippen LogP contribution in [-0.4, -0.2) is 6.04 Å². The lowest BCUT2D eigenvalue weighted by atomic mass is 10.2. The maximum atomic E-state index is 6.27. The van der Waals surface area contributed by atoms with Gasteiger partial charge < -0.3 is 10.1 Å². The third-order valence-electron chi connectivity index (χ3n) is 3.23. The molecule has 0 saturated heterocycles. The minimum atomic E-state index is 0.527. The number of benzene rings is 2. The fourth-order valence-electron chi connectivity index (χ4n) is 2.00. The molecule has 2 nitrogen and oxygen atoms in total. The molecule has 0 aliphatic heterocycles. The second-order valence-electron chi connectivity index (χ2n) is 5.13. The average Bonchev–Trinajstić information content (AvgIpc) is 3.22. The molecule has 0 amide bonds. The van der Waals surface area contributed by atoms with Crippen LogP contribution in [0.25, 0.3) is 0 Å². The summed E-state index contributed by atoms with van der Waals surface area (Å²) in [5.41, 5.74) is 1.14. The van der Waals surface area contributed by atoms with Crippen molar-refractivity contribution < 1.29 is 4.74 Å². The Balaban J connectivity index is 1.72. The summed E-state index contributed by atoms with van der Waals surface area (Å²) in [5.74, 6) is 1.16. The highest BCUT2D eigenvalue weighted by Gasteiger charge is 2.20. The molecule has 5 heteroatoms. The van der Waals surface area contributed by atoms with E-state index in [1.165, 1.54) is 12.8 Å². The first-order chi connectivity index (χ1) is 10.1. The van der Waals surface area contributed by atoms with Crippen molar-refractivity contribution >= 4 is 34.8 Å². The van der Waals surface area contributed by atoms with Gasteiger partial charge in [-0.2, -0.15) is 0 Å². The van der Waals surface area contributed by atoms with E-state index in [1.54, 1.807) is 18.2 Å². The van der Waals surface area contributed by atoms with Crippen LogP contribution in [-0.2, 0) is 6.54 Å². The monoisotopic (exact) mass is 341 g/mol. The molecule has 1 saturated carbocycles.